The Bertz CT molecular complexity index is 405. The van der Waals surface area contributed by atoms with Gasteiger partial charge in [-0.3, -0.25) is 4.79 Å². The van der Waals surface area contributed by atoms with Crippen LogP contribution in [0.1, 0.15) is 25.8 Å². The largest absolute Gasteiger partial charge is 0.356 e. The van der Waals surface area contributed by atoms with Crippen molar-refractivity contribution < 1.29 is 9.18 Å². The second kappa shape index (κ2) is 6.50. The molecule has 3 N–H and O–H groups in total. The van der Waals surface area contributed by atoms with E-state index in [1.807, 2.05) is 13.8 Å². The summed E-state index contributed by atoms with van der Waals surface area (Å²) >= 11 is 0. The van der Waals surface area contributed by atoms with Crippen LogP contribution in [0.5, 0.6) is 0 Å². The summed E-state index contributed by atoms with van der Waals surface area (Å²) < 4.78 is 13.3. The normalized spacial score (nSPS) is 11.3. The van der Waals surface area contributed by atoms with E-state index in [1.54, 1.807) is 18.2 Å². The van der Waals surface area contributed by atoms with Crippen LogP contribution in [0.2, 0.25) is 0 Å². The van der Waals surface area contributed by atoms with E-state index in [-0.39, 0.29) is 17.1 Å². The molecule has 100 valence electrons. The first-order valence-electron chi connectivity index (χ1n) is 6.15. The lowest BCUT2D eigenvalue weighted by Crippen LogP contribution is -2.34. The summed E-state index contributed by atoms with van der Waals surface area (Å²) in [7, 11) is 0. The van der Waals surface area contributed by atoms with Crippen LogP contribution in [0.25, 0.3) is 0 Å². The Balaban J connectivity index is 2.34. The molecule has 0 atom stereocenters. The molecular formula is C14H21FN2O. The third-order valence-corrected chi connectivity index (χ3v) is 2.87. The molecule has 4 heteroatoms. The Morgan fingerprint density at radius 3 is 2.67 bits per heavy atom. The maximum atomic E-state index is 13.3. The quantitative estimate of drug-likeness (QED) is 0.812. The first-order chi connectivity index (χ1) is 8.44. The molecule has 0 aliphatic heterocycles. The van der Waals surface area contributed by atoms with Crippen LogP contribution >= 0.6 is 0 Å². The lowest BCUT2D eigenvalue weighted by Gasteiger charge is -2.21. The van der Waals surface area contributed by atoms with Gasteiger partial charge >= 0.3 is 0 Å². The number of hydrogen-bond donors (Lipinski definition) is 2. The van der Waals surface area contributed by atoms with Crippen LogP contribution in [-0.2, 0) is 11.2 Å². The van der Waals surface area contributed by atoms with E-state index in [4.69, 9.17) is 5.73 Å². The molecule has 0 radical (unpaired) electrons. The van der Waals surface area contributed by atoms with Crippen LogP contribution in [0.4, 0.5) is 4.39 Å². The summed E-state index contributed by atoms with van der Waals surface area (Å²) in [6, 6.07) is 6.60. The SMILES string of the molecule is CC(C)(CN)CC(=O)NCCc1ccccc1F. The third-order valence-electron chi connectivity index (χ3n) is 2.87. The predicted octanol–water partition coefficient (Wildman–Crippen LogP) is 1.86. The number of halogens is 1. The molecule has 0 saturated heterocycles. The van der Waals surface area contributed by atoms with Crippen LogP contribution in [-0.4, -0.2) is 19.0 Å². The Morgan fingerprint density at radius 1 is 1.39 bits per heavy atom. The van der Waals surface area contributed by atoms with Crippen molar-refractivity contribution in [3.05, 3.63) is 35.6 Å². The van der Waals surface area contributed by atoms with E-state index >= 15 is 0 Å². The zero-order chi connectivity index (χ0) is 13.6. The molecule has 1 aromatic carbocycles. The Hall–Kier alpha value is -1.42. The Labute approximate surface area is 108 Å². The third kappa shape index (κ3) is 4.84. The van der Waals surface area contributed by atoms with Crippen molar-refractivity contribution in [3.8, 4) is 0 Å². The van der Waals surface area contributed by atoms with Gasteiger partial charge in [-0.1, -0.05) is 32.0 Å². The highest BCUT2D eigenvalue weighted by atomic mass is 19.1. The highest BCUT2D eigenvalue weighted by Crippen LogP contribution is 2.17. The minimum atomic E-state index is -0.228. The van der Waals surface area contributed by atoms with Gasteiger partial charge in [0.05, 0.1) is 0 Å². The fourth-order valence-electron chi connectivity index (χ4n) is 1.61. The van der Waals surface area contributed by atoms with Crippen molar-refractivity contribution >= 4 is 5.91 Å². The molecule has 0 bridgehead atoms. The van der Waals surface area contributed by atoms with E-state index in [0.29, 0.717) is 31.5 Å². The molecule has 0 fully saturated rings. The number of carbonyl (C=O) groups excluding carboxylic acids is 1. The number of carbonyl (C=O) groups is 1. The van der Waals surface area contributed by atoms with E-state index in [9.17, 15) is 9.18 Å². The van der Waals surface area contributed by atoms with Gasteiger partial charge in [-0.2, -0.15) is 0 Å². The molecule has 3 nitrogen and oxygen atoms in total. The molecule has 0 unspecified atom stereocenters. The molecule has 1 aromatic rings. The fourth-order valence-corrected chi connectivity index (χ4v) is 1.61. The van der Waals surface area contributed by atoms with E-state index in [0.717, 1.165) is 0 Å². The number of benzene rings is 1. The number of rotatable bonds is 6. The molecule has 0 heterocycles. The first-order valence-corrected chi connectivity index (χ1v) is 6.15. The second-order valence-electron chi connectivity index (χ2n) is 5.24. The van der Waals surface area contributed by atoms with Crippen molar-refractivity contribution in [2.75, 3.05) is 13.1 Å². The summed E-state index contributed by atoms with van der Waals surface area (Å²) in [5.41, 5.74) is 5.99. The Kier molecular flexibility index (Phi) is 5.28. The van der Waals surface area contributed by atoms with Crippen LogP contribution in [0.15, 0.2) is 24.3 Å². The minimum Gasteiger partial charge on any atom is -0.356 e. The molecular weight excluding hydrogens is 231 g/mol. The Morgan fingerprint density at radius 2 is 2.06 bits per heavy atom. The number of nitrogens with two attached hydrogens (primary N) is 1. The van der Waals surface area contributed by atoms with Gasteiger partial charge < -0.3 is 11.1 Å². The molecule has 0 saturated carbocycles. The van der Waals surface area contributed by atoms with Crippen LogP contribution < -0.4 is 11.1 Å². The highest BCUT2D eigenvalue weighted by Gasteiger charge is 2.19. The van der Waals surface area contributed by atoms with E-state index in [1.165, 1.54) is 6.07 Å². The smallest absolute Gasteiger partial charge is 0.220 e. The van der Waals surface area contributed by atoms with Gasteiger partial charge in [0, 0.05) is 13.0 Å². The molecule has 0 spiro atoms. The predicted molar refractivity (Wildman–Crippen MR) is 70.6 cm³/mol. The summed E-state index contributed by atoms with van der Waals surface area (Å²) in [6.45, 7) is 4.81. The monoisotopic (exact) mass is 252 g/mol. The topological polar surface area (TPSA) is 55.1 Å². The highest BCUT2D eigenvalue weighted by molar-refractivity contribution is 5.76. The summed E-state index contributed by atoms with van der Waals surface area (Å²) in [4.78, 5) is 11.6. The maximum absolute atomic E-state index is 13.3. The van der Waals surface area contributed by atoms with Gasteiger partial charge in [0.1, 0.15) is 5.82 Å². The van der Waals surface area contributed by atoms with Crippen molar-refractivity contribution in [2.45, 2.75) is 26.7 Å². The van der Waals surface area contributed by atoms with Gasteiger partial charge in [-0.05, 0) is 30.0 Å². The molecule has 0 aliphatic carbocycles. The number of nitrogens with one attached hydrogen (secondary N) is 1. The lowest BCUT2D eigenvalue weighted by atomic mass is 9.89. The van der Waals surface area contributed by atoms with Gasteiger partial charge in [0.2, 0.25) is 5.91 Å². The van der Waals surface area contributed by atoms with E-state index < -0.39 is 0 Å². The minimum absolute atomic E-state index is 0.0400. The molecule has 0 aromatic heterocycles. The average Bonchev–Trinajstić information content (AvgIpc) is 2.31. The molecule has 1 rings (SSSR count). The van der Waals surface area contributed by atoms with Gasteiger partial charge in [0.25, 0.3) is 0 Å². The second-order valence-corrected chi connectivity index (χ2v) is 5.24. The number of amides is 1. The van der Waals surface area contributed by atoms with Gasteiger partial charge in [-0.25, -0.2) is 4.39 Å². The van der Waals surface area contributed by atoms with Gasteiger partial charge in [-0.15, -0.1) is 0 Å². The molecule has 0 aliphatic rings. The summed E-state index contributed by atoms with van der Waals surface area (Å²) in [6.07, 6.45) is 0.891. The standard InChI is InChI=1S/C14H21FN2O/c1-14(2,10-16)9-13(18)17-8-7-11-5-3-4-6-12(11)15/h3-6H,7-10,16H2,1-2H3,(H,17,18). The van der Waals surface area contributed by atoms with Crippen LogP contribution in [0, 0.1) is 11.2 Å². The van der Waals surface area contributed by atoms with Crippen LogP contribution in [0.3, 0.4) is 0 Å². The van der Waals surface area contributed by atoms with Crippen molar-refractivity contribution in [2.24, 2.45) is 11.1 Å². The maximum Gasteiger partial charge on any atom is 0.220 e. The summed E-state index contributed by atoms with van der Waals surface area (Å²) in [5, 5.41) is 2.79. The lowest BCUT2D eigenvalue weighted by molar-refractivity contribution is -0.122. The van der Waals surface area contributed by atoms with Crippen molar-refractivity contribution in [1.29, 1.82) is 0 Å². The van der Waals surface area contributed by atoms with Crippen molar-refractivity contribution in [3.63, 3.8) is 0 Å². The summed E-state index contributed by atoms with van der Waals surface area (Å²) in [5.74, 6) is -0.268. The zero-order valence-electron chi connectivity index (χ0n) is 11.0. The van der Waals surface area contributed by atoms with Gasteiger partial charge in [0.15, 0.2) is 0 Å². The van der Waals surface area contributed by atoms with Crippen molar-refractivity contribution in [1.82, 2.24) is 5.32 Å². The zero-order valence-corrected chi connectivity index (χ0v) is 11.0. The average molecular weight is 252 g/mol. The van der Waals surface area contributed by atoms with E-state index in [2.05, 4.69) is 5.32 Å². The first kappa shape index (κ1) is 14.6. The molecule has 18 heavy (non-hydrogen) atoms. The number of hydrogen-bond acceptors (Lipinski definition) is 2. The fraction of sp³-hybridized carbons (Fsp3) is 0.500. The molecule has 1 amide bonds.